The summed E-state index contributed by atoms with van der Waals surface area (Å²) in [5.74, 6) is 0.717. The van der Waals surface area contributed by atoms with Gasteiger partial charge in [0.25, 0.3) is 0 Å². The zero-order valence-corrected chi connectivity index (χ0v) is 13.1. The van der Waals surface area contributed by atoms with Crippen molar-refractivity contribution in [2.24, 2.45) is 0 Å². The number of anilines is 2. The first-order chi connectivity index (χ1) is 10.1. The average Bonchev–Trinajstić information content (AvgIpc) is 2.42. The fraction of sp³-hybridized carbons (Fsp3) is 0.368. The highest BCUT2D eigenvalue weighted by molar-refractivity contribution is 5.69. The SMILES string of the molecule is Cc1cccc(C2CC(Nc3ccccc3N(C)C)C2)c1. The van der Waals surface area contributed by atoms with Crippen LogP contribution >= 0.6 is 0 Å². The van der Waals surface area contributed by atoms with E-state index in [9.17, 15) is 0 Å². The van der Waals surface area contributed by atoms with Crippen molar-refractivity contribution in [3.05, 3.63) is 59.7 Å². The van der Waals surface area contributed by atoms with Gasteiger partial charge in [-0.25, -0.2) is 0 Å². The fourth-order valence-corrected chi connectivity index (χ4v) is 3.14. The smallest absolute Gasteiger partial charge is 0.0596 e. The Morgan fingerprint density at radius 3 is 2.48 bits per heavy atom. The minimum atomic E-state index is 0.594. The average molecular weight is 280 g/mol. The van der Waals surface area contributed by atoms with Crippen LogP contribution in [0.1, 0.15) is 29.9 Å². The van der Waals surface area contributed by atoms with Crippen molar-refractivity contribution in [1.29, 1.82) is 0 Å². The van der Waals surface area contributed by atoms with Crippen LogP contribution in [0.4, 0.5) is 11.4 Å². The van der Waals surface area contributed by atoms with Gasteiger partial charge in [-0.2, -0.15) is 0 Å². The Morgan fingerprint density at radius 1 is 1.00 bits per heavy atom. The molecule has 1 saturated carbocycles. The summed E-state index contributed by atoms with van der Waals surface area (Å²) in [4.78, 5) is 2.17. The summed E-state index contributed by atoms with van der Waals surface area (Å²) in [5, 5.41) is 3.70. The number of benzene rings is 2. The molecule has 0 atom stereocenters. The van der Waals surface area contributed by atoms with Crippen LogP contribution in [0.3, 0.4) is 0 Å². The fourth-order valence-electron chi connectivity index (χ4n) is 3.14. The molecule has 1 N–H and O–H groups in total. The van der Waals surface area contributed by atoms with Crippen LogP contribution in [-0.2, 0) is 0 Å². The maximum absolute atomic E-state index is 3.70. The number of hydrogen-bond donors (Lipinski definition) is 1. The van der Waals surface area contributed by atoms with Crippen LogP contribution < -0.4 is 10.2 Å². The number of rotatable bonds is 4. The number of aryl methyl sites for hydroxylation is 1. The van der Waals surface area contributed by atoms with E-state index in [-0.39, 0.29) is 0 Å². The molecule has 21 heavy (non-hydrogen) atoms. The lowest BCUT2D eigenvalue weighted by Crippen LogP contribution is -2.34. The van der Waals surface area contributed by atoms with E-state index in [0.717, 1.165) is 0 Å². The van der Waals surface area contributed by atoms with Gasteiger partial charge in [-0.3, -0.25) is 0 Å². The van der Waals surface area contributed by atoms with Crippen LogP contribution in [0.2, 0.25) is 0 Å². The number of para-hydroxylation sites is 2. The molecule has 0 heterocycles. The van der Waals surface area contributed by atoms with Gasteiger partial charge in [-0.1, -0.05) is 42.0 Å². The van der Waals surface area contributed by atoms with Crippen molar-refractivity contribution in [2.45, 2.75) is 31.7 Å². The summed E-state index contributed by atoms with van der Waals surface area (Å²) >= 11 is 0. The molecule has 0 aromatic heterocycles. The van der Waals surface area contributed by atoms with Crippen LogP contribution in [0.25, 0.3) is 0 Å². The maximum Gasteiger partial charge on any atom is 0.0596 e. The molecule has 3 rings (SSSR count). The predicted molar refractivity (Wildman–Crippen MR) is 91.3 cm³/mol. The van der Waals surface area contributed by atoms with Gasteiger partial charge < -0.3 is 10.2 Å². The molecule has 2 aromatic carbocycles. The predicted octanol–water partition coefficient (Wildman–Crippen LogP) is 4.42. The summed E-state index contributed by atoms with van der Waals surface area (Å²) in [6.45, 7) is 2.17. The molecular formula is C19H24N2. The molecule has 1 aliphatic rings. The Balaban J connectivity index is 1.63. The van der Waals surface area contributed by atoms with Crippen LogP contribution in [0.15, 0.2) is 48.5 Å². The van der Waals surface area contributed by atoms with Crippen LogP contribution in [0, 0.1) is 6.92 Å². The minimum absolute atomic E-state index is 0.594. The first-order valence-corrected chi connectivity index (χ1v) is 7.73. The third kappa shape index (κ3) is 3.05. The maximum atomic E-state index is 3.70. The minimum Gasteiger partial charge on any atom is -0.381 e. The topological polar surface area (TPSA) is 15.3 Å². The monoisotopic (exact) mass is 280 g/mol. The Hall–Kier alpha value is -1.96. The van der Waals surface area contributed by atoms with Crippen molar-refractivity contribution in [1.82, 2.24) is 0 Å². The van der Waals surface area contributed by atoms with E-state index in [1.54, 1.807) is 0 Å². The van der Waals surface area contributed by atoms with E-state index in [0.29, 0.717) is 12.0 Å². The van der Waals surface area contributed by atoms with Gasteiger partial charge in [0.15, 0.2) is 0 Å². The lowest BCUT2D eigenvalue weighted by molar-refractivity contribution is 0.374. The van der Waals surface area contributed by atoms with Crippen molar-refractivity contribution in [3.8, 4) is 0 Å². The van der Waals surface area contributed by atoms with Crippen LogP contribution in [0.5, 0.6) is 0 Å². The standard InChI is InChI=1S/C19H24N2/c1-14-7-6-8-15(11-14)16-12-17(13-16)20-18-9-4-5-10-19(18)21(2)3/h4-11,16-17,20H,12-13H2,1-3H3. The third-order valence-corrected chi connectivity index (χ3v) is 4.40. The molecule has 0 spiro atoms. The lowest BCUT2D eigenvalue weighted by Gasteiger charge is -2.37. The van der Waals surface area contributed by atoms with Crippen LogP contribution in [-0.4, -0.2) is 20.1 Å². The number of nitrogens with one attached hydrogen (secondary N) is 1. The lowest BCUT2D eigenvalue weighted by atomic mass is 9.75. The Labute approximate surface area is 127 Å². The second-order valence-corrected chi connectivity index (χ2v) is 6.34. The molecule has 0 aliphatic heterocycles. The molecule has 2 heteroatoms. The summed E-state index contributed by atoms with van der Waals surface area (Å²) in [5.41, 5.74) is 5.36. The normalized spacial score (nSPS) is 20.7. The second kappa shape index (κ2) is 5.80. The number of nitrogens with zero attached hydrogens (tertiary/aromatic N) is 1. The molecule has 0 saturated heterocycles. The van der Waals surface area contributed by atoms with Gasteiger partial charge in [-0.15, -0.1) is 0 Å². The van der Waals surface area contributed by atoms with Crippen molar-refractivity contribution < 1.29 is 0 Å². The van der Waals surface area contributed by atoms with Gasteiger partial charge in [0, 0.05) is 20.1 Å². The molecule has 0 bridgehead atoms. The molecule has 1 fully saturated rings. The molecule has 1 aliphatic carbocycles. The van der Waals surface area contributed by atoms with Gasteiger partial charge >= 0.3 is 0 Å². The van der Waals surface area contributed by atoms with Gasteiger partial charge in [-0.05, 0) is 43.4 Å². The summed E-state index contributed by atoms with van der Waals surface area (Å²) < 4.78 is 0. The molecule has 0 amide bonds. The summed E-state index contributed by atoms with van der Waals surface area (Å²) in [7, 11) is 4.19. The number of hydrogen-bond acceptors (Lipinski definition) is 2. The van der Waals surface area contributed by atoms with E-state index in [4.69, 9.17) is 0 Å². The highest BCUT2D eigenvalue weighted by Crippen LogP contribution is 2.39. The van der Waals surface area contributed by atoms with E-state index in [1.165, 1.54) is 35.3 Å². The van der Waals surface area contributed by atoms with Crippen molar-refractivity contribution in [3.63, 3.8) is 0 Å². The quantitative estimate of drug-likeness (QED) is 0.892. The van der Waals surface area contributed by atoms with Crippen molar-refractivity contribution in [2.75, 3.05) is 24.3 Å². The first kappa shape index (κ1) is 14.0. The molecule has 0 radical (unpaired) electrons. The molecule has 2 aromatic rings. The van der Waals surface area contributed by atoms with Gasteiger partial charge in [0.05, 0.1) is 11.4 Å². The van der Waals surface area contributed by atoms with Gasteiger partial charge in [0.2, 0.25) is 0 Å². The molecular weight excluding hydrogens is 256 g/mol. The highest BCUT2D eigenvalue weighted by atomic mass is 15.1. The van der Waals surface area contributed by atoms with Gasteiger partial charge in [0.1, 0.15) is 0 Å². The van der Waals surface area contributed by atoms with E-state index < -0.39 is 0 Å². The molecule has 110 valence electrons. The third-order valence-electron chi connectivity index (χ3n) is 4.40. The zero-order valence-electron chi connectivity index (χ0n) is 13.1. The van der Waals surface area contributed by atoms with Crippen molar-refractivity contribution >= 4 is 11.4 Å². The highest BCUT2D eigenvalue weighted by Gasteiger charge is 2.30. The zero-order chi connectivity index (χ0) is 14.8. The second-order valence-electron chi connectivity index (χ2n) is 6.34. The van der Waals surface area contributed by atoms with E-state index in [1.807, 2.05) is 0 Å². The Bertz CT molecular complexity index is 612. The largest absolute Gasteiger partial charge is 0.381 e. The summed E-state index contributed by atoms with van der Waals surface area (Å²) in [6.07, 6.45) is 2.45. The first-order valence-electron chi connectivity index (χ1n) is 7.73. The molecule has 0 unspecified atom stereocenters. The molecule has 2 nitrogen and oxygen atoms in total. The Kier molecular flexibility index (Phi) is 3.87. The van der Waals surface area contributed by atoms with E-state index in [2.05, 4.69) is 79.8 Å². The summed E-state index contributed by atoms with van der Waals surface area (Å²) in [6, 6.07) is 18.1. The van der Waals surface area contributed by atoms with E-state index >= 15 is 0 Å². The Morgan fingerprint density at radius 2 is 1.76 bits per heavy atom.